The second-order valence-electron chi connectivity index (χ2n) is 12.5. The van der Waals surface area contributed by atoms with Crippen LogP contribution in [0.25, 0.3) is 0 Å². The van der Waals surface area contributed by atoms with E-state index in [0.717, 1.165) is 6.92 Å². The third-order valence-electron chi connectivity index (χ3n) is 9.39. The van der Waals surface area contributed by atoms with Gasteiger partial charge in [0.1, 0.15) is 29.0 Å². The van der Waals surface area contributed by atoms with Crippen LogP contribution < -0.4 is 63.5 Å². The Balaban J connectivity index is 0.00000325. The zero-order chi connectivity index (χ0) is 34.4. The van der Waals surface area contributed by atoms with Gasteiger partial charge < -0.3 is 63.8 Å². The van der Waals surface area contributed by atoms with Gasteiger partial charge in [0.2, 0.25) is 11.7 Å². The summed E-state index contributed by atoms with van der Waals surface area (Å²) in [5.41, 5.74) is 8.18. The SMILES string of the molecule is COc1cccc2c1C(=O)c1c(O)c3c(c(O)c1C2=O)C[C@@](O)(C(C)=O)C[C@@H]3OC1CC(NC(=O)C(N)CCCCN)C(O)C(C)O1.[Cl-].[Na+]. The molecular weight excluding hydrogens is 673 g/mol. The van der Waals surface area contributed by atoms with Crippen LogP contribution in [0.15, 0.2) is 18.2 Å². The number of aromatic hydroxyl groups is 2. The number of fused-ring (bicyclic) bond motifs is 3. The first kappa shape index (κ1) is 40.8. The maximum absolute atomic E-state index is 13.8. The predicted molar refractivity (Wildman–Crippen MR) is 165 cm³/mol. The molecule has 2 aromatic carbocycles. The molecule has 1 heterocycles. The monoisotopic (exact) mass is 713 g/mol. The summed E-state index contributed by atoms with van der Waals surface area (Å²) in [7, 11) is 1.33. The van der Waals surface area contributed by atoms with Gasteiger partial charge in [0.05, 0.1) is 48.1 Å². The van der Waals surface area contributed by atoms with Crippen molar-refractivity contribution in [3.8, 4) is 17.2 Å². The molecule has 9 N–H and O–H groups in total. The number of nitrogens with one attached hydrogen (secondary N) is 1. The van der Waals surface area contributed by atoms with Gasteiger partial charge >= 0.3 is 29.6 Å². The number of aliphatic hydroxyl groups excluding tert-OH is 1. The van der Waals surface area contributed by atoms with Crippen molar-refractivity contribution in [3.05, 3.63) is 51.6 Å². The van der Waals surface area contributed by atoms with E-state index >= 15 is 0 Å². The third-order valence-corrected chi connectivity index (χ3v) is 9.39. The van der Waals surface area contributed by atoms with Crippen molar-refractivity contribution < 1.29 is 95.8 Å². The summed E-state index contributed by atoms with van der Waals surface area (Å²) in [4.78, 5) is 53.0. The van der Waals surface area contributed by atoms with Crippen LogP contribution in [0, 0.1) is 0 Å². The molecule has 0 bridgehead atoms. The number of rotatable bonds is 10. The number of carbonyl (C=O) groups is 4. The zero-order valence-corrected chi connectivity index (χ0v) is 30.6. The van der Waals surface area contributed by atoms with Crippen molar-refractivity contribution in [2.24, 2.45) is 11.5 Å². The number of ether oxygens (including phenoxy) is 3. The summed E-state index contributed by atoms with van der Waals surface area (Å²) in [6.45, 7) is 3.19. The van der Waals surface area contributed by atoms with E-state index in [1.807, 2.05) is 0 Å². The average Bonchev–Trinajstić information content (AvgIpc) is 3.03. The summed E-state index contributed by atoms with van der Waals surface area (Å²) in [5, 5.41) is 48.2. The number of phenolic OH excluding ortho intramolecular Hbond substituents is 2. The number of ketones is 3. The molecule has 0 spiro atoms. The predicted octanol–water partition coefficient (Wildman–Crippen LogP) is -5.35. The molecule has 14 nitrogen and oxygen atoms in total. The van der Waals surface area contributed by atoms with Crippen molar-refractivity contribution in [1.29, 1.82) is 0 Å². The van der Waals surface area contributed by atoms with Gasteiger partial charge in [0.25, 0.3) is 0 Å². The molecule has 3 aliphatic rings. The number of halogens is 1. The fourth-order valence-electron chi connectivity index (χ4n) is 6.70. The van der Waals surface area contributed by atoms with Gasteiger partial charge in [0.15, 0.2) is 17.9 Å². The van der Waals surface area contributed by atoms with Crippen molar-refractivity contribution in [2.45, 2.75) is 94.7 Å². The van der Waals surface area contributed by atoms with Crippen LogP contribution in [0.1, 0.15) is 95.0 Å². The van der Waals surface area contributed by atoms with Crippen LogP contribution in [-0.2, 0) is 25.5 Å². The van der Waals surface area contributed by atoms with Crippen molar-refractivity contribution >= 4 is 23.3 Å². The minimum atomic E-state index is -2.08. The van der Waals surface area contributed by atoms with Crippen molar-refractivity contribution in [1.82, 2.24) is 5.32 Å². The van der Waals surface area contributed by atoms with E-state index in [1.165, 1.54) is 25.3 Å². The zero-order valence-electron chi connectivity index (χ0n) is 27.8. The number of benzene rings is 2. The number of hydrogen-bond donors (Lipinski definition) is 7. The number of phenols is 2. The number of aliphatic hydroxyl groups is 2. The Morgan fingerprint density at radius 1 is 1.12 bits per heavy atom. The molecule has 5 rings (SSSR count). The van der Waals surface area contributed by atoms with Crippen LogP contribution in [0.2, 0.25) is 0 Å². The van der Waals surface area contributed by atoms with Gasteiger partial charge in [-0.15, -0.1) is 0 Å². The molecule has 0 aromatic heterocycles. The first-order chi connectivity index (χ1) is 22.2. The van der Waals surface area contributed by atoms with E-state index < -0.39 is 101 Å². The smallest absolute Gasteiger partial charge is 1.00 e. The molecule has 1 saturated heterocycles. The summed E-state index contributed by atoms with van der Waals surface area (Å²) < 4.78 is 17.4. The number of methoxy groups -OCH3 is 1. The van der Waals surface area contributed by atoms with Crippen LogP contribution in [0.4, 0.5) is 0 Å². The van der Waals surface area contributed by atoms with E-state index in [1.54, 1.807) is 6.92 Å². The minimum Gasteiger partial charge on any atom is -1.00 e. The number of unbranched alkanes of at least 4 members (excludes halogenated alkanes) is 1. The average molecular weight is 714 g/mol. The molecule has 5 unspecified atom stereocenters. The van der Waals surface area contributed by atoms with Crippen molar-refractivity contribution in [2.75, 3.05) is 13.7 Å². The summed E-state index contributed by atoms with van der Waals surface area (Å²) in [6, 6.07) is 2.70. The Bertz CT molecular complexity index is 1620. The Hall–Kier alpha value is -2.63. The quantitative estimate of drug-likeness (QED) is 0.0591. The Labute approximate surface area is 311 Å². The van der Waals surface area contributed by atoms with E-state index in [4.69, 9.17) is 25.7 Å². The Kier molecular flexibility index (Phi) is 13.4. The van der Waals surface area contributed by atoms with Gasteiger partial charge in [-0.3, -0.25) is 19.2 Å². The van der Waals surface area contributed by atoms with E-state index in [0.29, 0.717) is 25.8 Å². The maximum Gasteiger partial charge on any atom is 1.00 e. The molecule has 2 aliphatic carbocycles. The number of Topliss-reactive ketones (excluding diaryl/α,β-unsaturated/α-hetero) is 1. The molecule has 1 fully saturated rings. The second kappa shape index (κ2) is 16.1. The van der Waals surface area contributed by atoms with E-state index in [-0.39, 0.29) is 76.4 Å². The van der Waals surface area contributed by atoms with Gasteiger partial charge in [-0.2, -0.15) is 0 Å². The summed E-state index contributed by atoms with van der Waals surface area (Å²) in [5.74, 6) is -3.90. The van der Waals surface area contributed by atoms with Gasteiger partial charge in [-0.1, -0.05) is 18.6 Å². The van der Waals surface area contributed by atoms with Crippen molar-refractivity contribution in [3.63, 3.8) is 0 Å². The first-order valence-electron chi connectivity index (χ1n) is 15.6. The fourth-order valence-corrected chi connectivity index (χ4v) is 6.70. The molecule has 0 saturated carbocycles. The normalized spacial score (nSPS) is 26.2. The number of amides is 1. The molecular formula is C33H41ClN3NaO11. The van der Waals surface area contributed by atoms with Crippen LogP contribution in [-0.4, -0.2) is 93.5 Å². The largest absolute Gasteiger partial charge is 1.00 e. The molecule has 16 heteroatoms. The standard InChI is InChI=1S/C33H41N3O11.ClH.Na/c1-14-27(38)19(36-32(43)18(35)8-4-5-10-34)11-22(46-14)47-21-13-33(44,15(2)37)12-17-24(21)31(42)26-25(29(17)40)28(39)16-7-6-9-20(45-3)23(16)30(26)41;;/h6-7,9,14,18-19,21-22,27,38,40,42,44H,4-5,8,10-13,34-35H2,1-3H3,(H,36,43);1H;/q;;+1/p-1/t14?,18?,19?,21-,22?,27?,33-;;/m0../s1. The van der Waals surface area contributed by atoms with Gasteiger partial charge in [0, 0.05) is 36.0 Å². The second-order valence-corrected chi connectivity index (χ2v) is 12.5. The molecule has 1 aliphatic heterocycles. The van der Waals surface area contributed by atoms with E-state index in [2.05, 4.69) is 5.32 Å². The molecule has 2 aromatic rings. The summed E-state index contributed by atoms with van der Waals surface area (Å²) in [6.07, 6.45) is -3.70. The third kappa shape index (κ3) is 7.54. The number of nitrogens with two attached hydrogens (primary N) is 2. The Morgan fingerprint density at radius 3 is 2.43 bits per heavy atom. The topological polar surface area (TPSA) is 241 Å². The molecule has 262 valence electrons. The molecule has 0 radical (unpaired) electrons. The Morgan fingerprint density at radius 2 is 1.80 bits per heavy atom. The fraction of sp³-hybridized carbons (Fsp3) is 0.515. The van der Waals surface area contributed by atoms with Gasteiger partial charge in [-0.05, 0) is 39.3 Å². The van der Waals surface area contributed by atoms with E-state index in [9.17, 15) is 39.6 Å². The minimum absolute atomic E-state index is 0. The first-order valence-corrected chi connectivity index (χ1v) is 15.6. The number of carbonyl (C=O) groups excluding carboxylic acids is 4. The summed E-state index contributed by atoms with van der Waals surface area (Å²) >= 11 is 0. The molecule has 7 atom stereocenters. The van der Waals surface area contributed by atoms with Crippen LogP contribution >= 0.6 is 0 Å². The molecule has 1 amide bonds. The van der Waals surface area contributed by atoms with Crippen LogP contribution in [0.5, 0.6) is 17.2 Å². The number of hydrogen-bond acceptors (Lipinski definition) is 13. The molecule has 49 heavy (non-hydrogen) atoms. The maximum atomic E-state index is 13.8. The van der Waals surface area contributed by atoms with Crippen LogP contribution in [0.3, 0.4) is 0 Å². The van der Waals surface area contributed by atoms with Gasteiger partial charge in [-0.25, -0.2) is 0 Å².